The third-order valence-electron chi connectivity index (χ3n) is 4.73. The molecule has 0 saturated carbocycles. The summed E-state index contributed by atoms with van der Waals surface area (Å²) in [7, 11) is 0. The summed E-state index contributed by atoms with van der Waals surface area (Å²) in [4.78, 5) is 19.4. The second-order valence-corrected chi connectivity index (χ2v) is 8.32. The number of rotatable bonds is 4. The first-order chi connectivity index (χ1) is 14.1. The third-order valence-corrected chi connectivity index (χ3v) is 5.77. The van der Waals surface area contributed by atoms with E-state index in [4.69, 9.17) is 9.47 Å². The lowest BCUT2D eigenvalue weighted by Gasteiger charge is -2.35. The minimum atomic E-state index is -0.179. The average Bonchev–Trinajstić information content (AvgIpc) is 3.08. The van der Waals surface area contributed by atoms with Crippen LogP contribution in [0.2, 0.25) is 0 Å². The van der Waals surface area contributed by atoms with Crippen molar-refractivity contribution < 1.29 is 14.3 Å². The van der Waals surface area contributed by atoms with Gasteiger partial charge >= 0.3 is 0 Å². The zero-order valence-corrected chi connectivity index (χ0v) is 17.4. The standard InChI is InChI=1S/C23H24N2O3S/c1-16-13-25(14-17(2)28-16)23-24-22(26)21(29-23)12-18-8-10-20(11-9-18)27-15-19-6-4-3-5-7-19/h3-12,16-17H,13-15H2,1-2H3/b21-12-/t16-,17-/m0/s1. The molecule has 4 rings (SSSR count). The molecule has 1 saturated heterocycles. The van der Waals surface area contributed by atoms with Gasteiger partial charge in [0.25, 0.3) is 5.91 Å². The van der Waals surface area contributed by atoms with Crippen molar-refractivity contribution in [3.8, 4) is 5.75 Å². The van der Waals surface area contributed by atoms with Gasteiger partial charge in [-0.25, -0.2) is 0 Å². The van der Waals surface area contributed by atoms with Crippen LogP contribution in [0, 0.1) is 0 Å². The smallest absolute Gasteiger partial charge is 0.286 e. The number of carbonyl (C=O) groups excluding carboxylic acids is 1. The highest BCUT2D eigenvalue weighted by molar-refractivity contribution is 8.18. The largest absolute Gasteiger partial charge is 0.489 e. The van der Waals surface area contributed by atoms with Crippen molar-refractivity contribution in [1.29, 1.82) is 0 Å². The highest BCUT2D eigenvalue weighted by Gasteiger charge is 2.30. The topological polar surface area (TPSA) is 51.1 Å². The Hall–Kier alpha value is -2.57. The number of morpholine rings is 1. The first kappa shape index (κ1) is 19.7. The Kier molecular flexibility index (Phi) is 6.02. The quantitative estimate of drug-likeness (QED) is 0.704. The predicted molar refractivity (Wildman–Crippen MR) is 117 cm³/mol. The molecular weight excluding hydrogens is 384 g/mol. The van der Waals surface area contributed by atoms with Gasteiger partial charge in [0, 0.05) is 13.1 Å². The van der Waals surface area contributed by atoms with E-state index in [1.165, 1.54) is 11.8 Å². The van der Waals surface area contributed by atoms with Crippen LogP contribution in [-0.2, 0) is 16.1 Å². The number of nitrogens with zero attached hydrogens (tertiary/aromatic N) is 2. The van der Waals surface area contributed by atoms with Crippen LogP contribution >= 0.6 is 11.8 Å². The molecule has 0 aliphatic carbocycles. The third kappa shape index (κ3) is 5.08. The normalized spacial score (nSPS) is 23.4. The molecule has 0 aromatic heterocycles. The summed E-state index contributed by atoms with van der Waals surface area (Å²) in [6.07, 6.45) is 2.15. The summed E-state index contributed by atoms with van der Waals surface area (Å²) in [5, 5.41) is 0.770. The maximum Gasteiger partial charge on any atom is 0.286 e. The molecule has 150 valence electrons. The van der Waals surface area contributed by atoms with E-state index in [1.54, 1.807) is 0 Å². The molecular formula is C23H24N2O3S. The molecule has 29 heavy (non-hydrogen) atoms. The molecule has 2 aliphatic heterocycles. The molecule has 1 amide bonds. The first-order valence-corrected chi connectivity index (χ1v) is 10.6. The number of hydrogen-bond donors (Lipinski definition) is 0. The fourth-order valence-electron chi connectivity index (χ4n) is 3.42. The van der Waals surface area contributed by atoms with Crippen molar-refractivity contribution in [2.45, 2.75) is 32.7 Å². The Morgan fingerprint density at radius 3 is 2.48 bits per heavy atom. The van der Waals surface area contributed by atoms with E-state index >= 15 is 0 Å². The van der Waals surface area contributed by atoms with Crippen molar-refractivity contribution in [2.75, 3.05) is 13.1 Å². The number of aliphatic imine (C=N–C) groups is 1. The molecule has 0 radical (unpaired) electrons. The first-order valence-electron chi connectivity index (χ1n) is 9.76. The molecule has 2 aliphatic rings. The van der Waals surface area contributed by atoms with Gasteiger partial charge in [-0.2, -0.15) is 4.99 Å². The Labute approximate surface area is 175 Å². The van der Waals surface area contributed by atoms with Gasteiger partial charge in [0.05, 0.1) is 17.1 Å². The Morgan fingerprint density at radius 2 is 1.79 bits per heavy atom. The fourth-order valence-corrected chi connectivity index (χ4v) is 4.35. The zero-order chi connectivity index (χ0) is 20.2. The Balaban J connectivity index is 1.37. The van der Waals surface area contributed by atoms with Gasteiger partial charge < -0.3 is 14.4 Å². The highest BCUT2D eigenvalue weighted by atomic mass is 32.2. The van der Waals surface area contributed by atoms with Crippen LogP contribution < -0.4 is 4.74 Å². The monoisotopic (exact) mass is 408 g/mol. The number of amides is 1. The minimum absolute atomic E-state index is 0.133. The molecule has 2 aromatic rings. The van der Waals surface area contributed by atoms with Crippen LogP contribution in [0.15, 0.2) is 64.5 Å². The summed E-state index contributed by atoms with van der Waals surface area (Å²) in [6.45, 7) is 6.13. The molecule has 2 heterocycles. The van der Waals surface area contributed by atoms with E-state index in [9.17, 15) is 4.79 Å². The molecule has 0 bridgehead atoms. The van der Waals surface area contributed by atoms with Crippen molar-refractivity contribution >= 4 is 28.9 Å². The summed E-state index contributed by atoms with van der Waals surface area (Å²) < 4.78 is 11.6. The van der Waals surface area contributed by atoms with Gasteiger partial charge in [0.1, 0.15) is 12.4 Å². The second-order valence-electron chi connectivity index (χ2n) is 7.32. The van der Waals surface area contributed by atoms with Crippen LogP contribution in [0.25, 0.3) is 6.08 Å². The van der Waals surface area contributed by atoms with E-state index in [-0.39, 0.29) is 18.1 Å². The van der Waals surface area contributed by atoms with E-state index < -0.39 is 0 Å². The maximum absolute atomic E-state index is 12.4. The van der Waals surface area contributed by atoms with Gasteiger partial charge in [-0.1, -0.05) is 42.5 Å². The van der Waals surface area contributed by atoms with Crippen molar-refractivity contribution in [2.24, 2.45) is 4.99 Å². The second kappa shape index (κ2) is 8.84. The van der Waals surface area contributed by atoms with Gasteiger partial charge in [0.15, 0.2) is 5.17 Å². The number of amidine groups is 1. The van der Waals surface area contributed by atoms with Crippen molar-refractivity contribution in [3.05, 3.63) is 70.6 Å². The van der Waals surface area contributed by atoms with Crippen molar-refractivity contribution in [3.63, 3.8) is 0 Å². The molecule has 0 N–H and O–H groups in total. The molecule has 0 spiro atoms. The SMILES string of the molecule is C[C@H]1CN(C2=NC(=O)/C(=C/c3ccc(OCc4ccccc4)cc3)S2)C[C@H](C)O1. The molecule has 2 atom stereocenters. The summed E-state index contributed by atoms with van der Waals surface area (Å²) in [6, 6.07) is 17.8. The Bertz CT molecular complexity index is 915. The Morgan fingerprint density at radius 1 is 1.10 bits per heavy atom. The van der Waals surface area contributed by atoms with E-state index in [1.807, 2.05) is 74.5 Å². The lowest BCUT2D eigenvalue weighted by Crippen LogP contribution is -2.47. The zero-order valence-electron chi connectivity index (χ0n) is 16.6. The van der Waals surface area contributed by atoms with Crippen LogP contribution in [0.5, 0.6) is 5.75 Å². The molecule has 2 aromatic carbocycles. The van der Waals surface area contributed by atoms with E-state index in [0.29, 0.717) is 11.5 Å². The van der Waals surface area contributed by atoms with Gasteiger partial charge in [0.2, 0.25) is 0 Å². The molecule has 0 unspecified atom stereocenters. The predicted octanol–water partition coefficient (Wildman–Crippen LogP) is 4.35. The average molecular weight is 409 g/mol. The van der Waals surface area contributed by atoms with Crippen LogP contribution in [0.3, 0.4) is 0 Å². The number of benzene rings is 2. The summed E-state index contributed by atoms with van der Waals surface area (Å²) in [5.74, 6) is 0.621. The number of carbonyl (C=O) groups is 1. The molecule has 5 nitrogen and oxygen atoms in total. The summed E-state index contributed by atoms with van der Waals surface area (Å²) >= 11 is 1.44. The molecule has 1 fully saturated rings. The van der Waals surface area contributed by atoms with E-state index in [0.717, 1.165) is 35.1 Å². The van der Waals surface area contributed by atoms with Crippen LogP contribution in [-0.4, -0.2) is 41.3 Å². The minimum Gasteiger partial charge on any atom is -0.489 e. The highest BCUT2D eigenvalue weighted by Crippen LogP contribution is 2.31. The molecule has 6 heteroatoms. The maximum atomic E-state index is 12.4. The summed E-state index contributed by atoms with van der Waals surface area (Å²) in [5.41, 5.74) is 2.08. The fraction of sp³-hybridized carbons (Fsp3) is 0.304. The number of ether oxygens (including phenoxy) is 2. The number of thioether (sulfide) groups is 1. The van der Waals surface area contributed by atoms with E-state index in [2.05, 4.69) is 9.89 Å². The van der Waals surface area contributed by atoms with Crippen LogP contribution in [0.4, 0.5) is 0 Å². The van der Waals surface area contributed by atoms with Gasteiger partial charge in [-0.3, -0.25) is 4.79 Å². The lowest BCUT2D eigenvalue weighted by molar-refractivity contribution is -0.113. The van der Waals surface area contributed by atoms with Crippen molar-refractivity contribution in [1.82, 2.24) is 4.90 Å². The van der Waals surface area contributed by atoms with Gasteiger partial charge in [-0.15, -0.1) is 0 Å². The van der Waals surface area contributed by atoms with Crippen LogP contribution in [0.1, 0.15) is 25.0 Å². The number of hydrogen-bond acceptors (Lipinski definition) is 5. The van der Waals surface area contributed by atoms with Gasteiger partial charge in [-0.05, 0) is 54.9 Å². The lowest BCUT2D eigenvalue weighted by atomic mass is 10.2.